The topological polar surface area (TPSA) is 129 Å². The number of halogens is 1. The molecule has 10 heteroatoms. The largest absolute Gasteiger partial charge is 0.358 e. The van der Waals surface area contributed by atoms with Gasteiger partial charge in [-0.3, -0.25) is 14.4 Å². The number of benzene rings is 1. The van der Waals surface area contributed by atoms with Gasteiger partial charge < -0.3 is 20.5 Å². The number of hydrogen-bond donors (Lipinski definition) is 4. The van der Waals surface area contributed by atoms with Gasteiger partial charge in [-0.1, -0.05) is 13.3 Å². The van der Waals surface area contributed by atoms with Crippen LogP contribution in [-0.2, 0) is 19.2 Å². The number of fused-ring (bicyclic) bond motifs is 1. The van der Waals surface area contributed by atoms with Crippen LogP contribution >= 0.6 is 0 Å². The number of rotatable bonds is 9. The van der Waals surface area contributed by atoms with Crippen LogP contribution in [0.25, 0.3) is 11.6 Å². The Morgan fingerprint density at radius 2 is 1.91 bits per heavy atom. The highest BCUT2D eigenvalue weighted by Gasteiger charge is 2.26. The molecule has 0 radical (unpaired) electrons. The second-order valence-corrected chi connectivity index (χ2v) is 8.29. The first-order valence-corrected chi connectivity index (χ1v) is 11.5. The Balaban J connectivity index is 1.53. The molecule has 1 aromatic carbocycles. The lowest BCUT2D eigenvalue weighted by Gasteiger charge is -2.07. The number of nitrogens with one attached hydrogen (secondary N) is 4. The van der Waals surface area contributed by atoms with Crippen molar-refractivity contribution in [3.63, 3.8) is 0 Å². The number of H-pyrrole nitrogens is 1. The van der Waals surface area contributed by atoms with Crippen LogP contribution in [0.3, 0.4) is 0 Å². The first kappa shape index (κ1) is 25.7. The Morgan fingerprint density at radius 3 is 2.66 bits per heavy atom. The summed E-state index contributed by atoms with van der Waals surface area (Å²) < 4.78 is 13.7. The lowest BCUT2D eigenvalue weighted by atomic mass is 10.0. The molecule has 0 fully saturated rings. The molecule has 0 atom stereocenters. The molecule has 1 aromatic heterocycles. The zero-order valence-electron chi connectivity index (χ0n) is 20.0. The van der Waals surface area contributed by atoms with Gasteiger partial charge in [-0.2, -0.15) is 5.48 Å². The summed E-state index contributed by atoms with van der Waals surface area (Å²) in [7, 11) is 0. The van der Waals surface area contributed by atoms with E-state index < -0.39 is 11.8 Å². The van der Waals surface area contributed by atoms with E-state index >= 15 is 0 Å². The molecule has 1 aliphatic heterocycles. The Morgan fingerprint density at radius 1 is 1.14 bits per heavy atom. The van der Waals surface area contributed by atoms with E-state index in [4.69, 9.17) is 0 Å². The zero-order chi connectivity index (χ0) is 25.5. The zero-order valence-corrected chi connectivity index (χ0v) is 20.0. The van der Waals surface area contributed by atoms with E-state index in [1.807, 2.05) is 0 Å². The van der Waals surface area contributed by atoms with Gasteiger partial charge in [0.05, 0.1) is 11.1 Å². The first-order valence-electron chi connectivity index (χ1n) is 11.5. The number of aromatic nitrogens is 1. The van der Waals surface area contributed by atoms with Crippen molar-refractivity contribution in [1.82, 2.24) is 15.8 Å². The molecule has 4 N–H and O–H groups in total. The monoisotopic (exact) mass is 484 g/mol. The second kappa shape index (κ2) is 11.5. The fraction of sp³-hybridized carbons (Fsp3) is 0.360. The van der Waals surface area contributed by atoms with Gasteiger partial charge in [0.2, 0.25) is 0 Å². The predicted molar refractivity (Wildman–Crippen MR) is 128 cm³/mol. The minimum atomic E-state index is -0.499. The quantitative estimate of drug-likeness (QED) is 0.246. The first-order chi connectivity index (χ1) is 16.7. The molecule has 3 amide bonds. The maximum atomic E-state index is 13.7. The van der Waals surface area contributed by atoms with Crippen molar-refractivity contribution in [2.75, 3.05) is 11.9 Å². The fourth-order valence-electron chi connectivity index (χ4n) is 3.82. The molecule has 2 heterocycles. The minimum Gasteiger partial charge on any atom is -0.358 e. The Kier molecular flexibility index (Phi) is 8.40. The van der Waals surface area contributed by atoms with Crippen molar-refractivity contribution in [2.24, 2.45) is 0 Å². The van der Waals surface area contributed by atoms with E-state index in [0.717, 1.165) is 0 Å². The number of amides is 3. The molecule has 0 bridgehead atoms. The average Bonchev–Trinajstić information content (AvgIpc) is 3.28. The third-order valence-corrected chi connectivity index (χ3v) is 5.69. The Bertz CT molecular complexity index is 1180. The molecule has 0 saturated carbocycles. The predicted octanol–water partition coefficient (Wildman–Crippen LogP) is 3.54. The summed E-state index contributed by atoms with van der Waals surface area (Å²) in [6, 6.07) is 4.11. The van der Waals surface area contributed by atoms with Gasteiger partial charge >= 0.3 is 5.97 Å². The molecule has 9 nitrogen and oxygen atoms in total. The Hall–Kier alpha value is -3.95. The van der Waals surface area contributed by atoms with Crippen LogP contribution in [0, 0.1) is 19.7 Å². The number of hydroxylamine groups is 1. The van der Waals surface area contributed by atoms with Crippen LogP contribution in [0.4, 0.5) is 10.1 Å². The number of aromatic amines is 1. The van der Waals surface area contributed by atoms with E-state index in [0.29, 0.717) is 65.1 Å². The van der Waals surface area contributed by atoms with Crippen LogP contribution < -0.4 is 16.1 Å². The van der Waals surface area contributed by atoms with Gasteiger partial charge in [-0.25, -0.2) is 9.18 Å². The molecule has 0 aliphatic carbocycles. The number of anilines is 1. The molecule has 0 spiro atoms. The molecule has 2 aromatic rings. The van der Waals surface area contributed by atoms with Crippen molar-refractivity contribution in [3.8, 4) is 0 Å². The van der Waals surface area contributed by atoms with Crippen molar-refractivity contribution >= 4 is 41.0 Å². The highest BCUT2D eigenvalue weighted by atomic mass is 19.1. The summed E-state index contributed by atoms with van der Waals surface area (Å²) in [4.78, 5) is 55.5. The number of unbranched alkanes of at least 4 members (excludes halogenated alkanes) is 2. The van der Waals surface area contributed by atoms with Gasteiger partial charge in [0, 0.05) is 42.0 Å². The highest BCUT2D eigenvalue weighted by Crippen LogP contribution is 2.34. The summed E-state index contributed by atoms with van der Waals surface area (Å²) in [6.07, 6.45) is 4.01. The summed E-state index contributed by atoms with van der Waals surface area (Å²) in [5.74, 6) is -1.88. The number of aryl methyl sites for hydroxylation is 1. The van der Waals surface area contributed by atoms with Gasteiger partial charge in [-0.05, 0) is 56.5 Å². The standard InChI is InChI=1S/C25H29FN4O5/c1-4-22(32)35-30-21(31)8-6-5-7-11-27-25(34)23-14(2)20(28-15(23)3)13-18-17-12-16(26)9-10-19(17)29-24(18)33/h9-10,12-13,28H,4-8,11H2,1-3H3,(H,27,34)(H,29,33)(H,30,31). The third-order valence-electron chi connectivity index (χ3n) is 5.69. The van der Waals surface area contributed by atoms with Crippen LogP contribution in [-0.4, -0.2) is 35.2 Å². The van der Waals surface area contributed by atoms with Gasteiger partial charge in [0.1, 0.15) is 5.82 Å². The molecular formula is C25H29FN4O5. The molecule has 0 unspecified atom stereocenters. The summed E-state index contributed by atoms with van der Waals surface area (Å²) in [5.41, 5.74) is 5.88. The third kappa shape index (κ3) is 6.34. The van der Waals surface area contributed by atoms with Crippen molar-refractivity contribution in [3.05, 3.63) is 52.1 Å². The molecule has 1 aliphatic rings. The van der Waals surface area contributed by atoms with E-state index in [1.165, 1.54) is 18.2 Å². The van der Waals surface area contributed by atoms with E-state index in [9.17, 15) is 23.6 Å². The second-order valence-electron chi connectivity index (χ2n) is 8.29. The van der Waals surface area contributed by atoms with Crippen molar-refractivity contribution < 1.29 is 28.4 Å². The molecule has 0 saturated heterocycles. The molecule has 3 rings (SSSR count). The summed E-state index contributed by atoms with van der Waals surface area (Å²) >= 11 is 0. The van der Waals surface area contributed by atoms with Crippen molar-refractivity contribution in [1.29, 1.82) is 0 Å². The van der Waals surface area contributed by atoms with Crippen LogP contribution in [0.1, 0.15) is 71.9 Å². The number of carbonyl (C=O) groups is 4. The van der Waals surface area contributed by atoms with E-state index in [2.05, 4.69) is 25.9 Å². The fourth-order valence-corrected chi connectivity index (χ4v) is 3.82. The van der Waals surface area contributed by atoms with E-state index in [-0.39, 0.29) is 30.6 Å². The maximum Gasteiger partial charge on any atom is 0.331 e. The van der Waals surface area contributed by atoms with Gasteiger partial charge in [-0.15, -0.1) is 0 Å². The maximum absolute atomic E-state index is 13.7. The smallest absolute Gasteiger partial charge is 0.331 e. The number of carbonyl (C=O) groups excluding carboxylic acids is 4. The van der Waals surface area contributed by atoms with Crippen LogP contribution in [0.2, 0.25) is 0 Å². The van der Waals surface area contributed by atoms with Crippen LogP contribution in [0.5, 0.6) is 0 Å². The van der Waals surface area contributed by atoms with Gasteiger partial charge in [0.15, 0.2) is 0 Å². The molecular weight excluding hydrogens is 455 g/mol. The number of hydrogen-bond acceptors (Lipinski definition) is 5. The molecule has 35 heavy (non-hydrogen) atoms. The normalized spacial score (nSPS) is 13.4. The highest BCUT2D eigenvalue weighted by molar-refractivity contribution is 6.34. The van der Waals surface area contributed by atoms with Crippen molar-refractivity contribution in [2.45, 2.75) is 52.9 Å². The van der Waals surface area contributed by atoms with Gasteiger partial charge in [0.25, 0.3) is 17.7 Å². The van der Waals surface area contributed by atoms with E-state index in [1.54, 1.807) is 26.8 Å². The summed E-state index contributed by atoms with van der Waals surface area (Å²) in [6.45, 7) is 5.62. The van der Waals surface area contributed by atoms with Crippen LogP contribution in [0.15, 0.2) is 18.2 Å². The SMILES string of the molecule is CCC(=O)ONC(=O)CCCCCNC(=O)c1c(C)[nH]c(C=C2C(=O)Nc3ccc(F)cc32)c1C. The minimum absolute atomic E-state index is 0.183. The Labute approximate surface area is 202 Å². The molecule has 186 valence electrons. The lowest BCUT2D eigenvalue weighted by molar-refractivity contribution is -0.158. The lowest BCUT2D eigenvalue weighted by Crippen LogP contribution is -2.27. The summed E-state index contributed by atoms with van der Waals surface area (Å²) in [5, 5.41) is 5.59. The average molecular weight is 485 g/mol.